The Morgan fingerprint density at radius 2 is 2.05 bits per heavy atom. The molecule has 0 bridgehead atoms. The van der Waals surface area contributed by atoms with Gasteiger partial charge in [0.1, 0.15) is 5.82 Å². The first kappa shape index (κ1) is 16.7. The second kappa shape index (κ2) is 7.09. The van der Waals surface area contributed by atoms with Crippen molar-refractivity contribution < 1.29 is 22.4 Å². The largest absolute Gasteiger partial charge is 0.390 e. The maximum atomic E-state index is 13.5. The molecule has 0 aliphatic carbocycles. The molecule has 1 atom stereocenters. The quantitative estimate of drug-likeness (QED) is 0.847. The van der Waals surface area contributed by atoms with Gasteiger partial charge >= 0.3 is 6.18 Å². The molecule has 22 heavy (non-hydrogen) atoms. The summed E-state index contributed by atoms with van der Waals surface area (Å²) in [5, 5.41) is 2.61. The maximum absolute atomic E-state index is 13.5. The summed E-state index contributed by atoms with van der Waals surface area (Å²) in [6, 6.07) is 5.51. The van der Waals surface area contributed by atoms with Crippen molar-refractivity contribution in [1.82, 2.24) is 10.2 Å². The van der Waals surface area contributed by atoms with E-state index in [4.69, 9.17) is 0 Å². The van der Waals surface area contributed by atoms with Crippen molar-refractivity contribution in [3.63, 3.8) is 0 Å². The minimum absolute atomic E-state index is 0.0368. The number of alkyl halides is 3. The summed E-state index contributed by atoms with van der Waals surface area (Å²) in [6.45, 7) is 0.338. The molecule has 1 aromatic rings. The van der Waals surface area contributed by atoms with E-state index in [0.29, 0.717) is 24.9 Å². The minimum atomic E-state index is -4.23. The third-order valence-electron chi connectivity index (χ3n) is 3.76. The van der Waals surface area contributed by atoms with Crippen LogP contribution in [0, 0.1) is 5.82 Å². The Kier molecular flexibility index (Phi) is 5.39. The normalized spacial score (nSPS) is 19.4. The van der Waals surface area contributed by atoms with Crippen LogP contribution in [0.15, 0.2) is 24.3 Å². The minimum Gasteiger partial charge on any atom is -0.351 e. The van der Waals surface area contributed by atoms with Crippen LogP contribution in [0.4, 0.5) is 17.6 Å². The Balaban J connectivity index is 1.87. The monoisotopic (exact) mass is 318 g/mol. The van der Waals surface area contributed by atoms with Gasteiger partial charge in [-0.25, -0.2) is 4.39 Å². The third-order valence-corrected chi connectivity index (χ3v) is 3.76. The van der Waals surface area contributed by atoms with Crippen molar-refractivity contribution in [2.45, 2.75) is 38.0 Å². The maximum Gasteiger partial charge on any atom is 0.390 e. The number of benzene rings is 1. The lowest BCUT2D eigenvalue weighted by Crippen LogP contribution is -2.44. The first-order chi connectivity index (χ1) is 10.4. The van der Waals surface area contributed by atoms with Crippen LogP contribution in [-0.2, 0) is 11.3 Å². The zero-order valence-electron chi connectivity index (χ0n) is 12.0. The molecule has 2 rings (SSSR count). The molecule has 1 aliphatic rings. The second-order valence-electron chi connectivity index (χ2n) is 5.37. The first-order valence-electron chi connectivity index (χ1n) is 7.19. The molecule has 0 saturated carbocycles. The highest BCUT2D eigenvalue weighted by atomic mass is 19.4. The van der Waals surface area contributed by atoms with E-state index in [2.05, 4.69) is 5.32 Å². The van der Waals surface area contributed by atoms with Gasteiger partial charge in [-0.15, -0.1) is 0 Å². The van der Waals surface area contributed by atoms with Gasteiger partial charge in [0.2, 0.25) is 5.91 Å². The van der Waals surface area contributed by atoms with Gasteiger partial charge in [0.05, 0.1) is 12.5 Å². The van der Waals surface area contributed by atoms with E-state index in [9.17, 15) is 22.4 Å². The van der Waals surface area contributed by atoms with E-state index < -0.39 is 24.5 Å². The van der Waals surface area contributed by atoms with Gasteiger partial charge in [-0.3, -0.25) is 9.69 Å². The average Bonchev–Trinajstić information content (AvgIpc) is 2.92. The molecule has 0 unspecified atom stereocenters. The molecule has 1 aliphatic heterocycles. The summed E-state index contributed by atoms with van der Waals surface area (Å²) in [7, 11) is 0. The lowest BCUT2D eigenvalue weighted by molar-refractivity contribution is -0.141. The number of carbonyl (C=O) groups excluding carboxylic acids is 1. The molecule has 3 nitrogen and oxygen atoms in total. The zero-order chi connectivity index (χ0) is 16.2. The van der Waals surface area contributed by atoms with Gasteiger partial charge in [-0.1, -0.05) is 18.2 Å². The van der Waals surface area contributed by atoms with Crippen molar-refractivity contribution in [3.8, 4) is 0 Å². The van der Waals surface area contributed by atoms with Gasteiger partial charge in [0.25, 0.3) is 0 Å². The van der Waals surface area contributed by atoms with Crippen molar-refractivity contribution in [3.05, 3.63) is 35.6 Å². The molecule has 0 spiro atoms. The molecule has 1 fully saturated rings. The fourth-order valence-corrected chi connectivity index (χ4v) is 2.60. The van der Waals surface area contributed by atoms with Crippen LogP contribution in [0.2, 0.25) is 0 Å². The molecular formula is C15H18F4N2O. The van der Waals surface area contributed by atoms with Crippen LogP contribution in [0.1, 0.15) is 24.8 Å². The third kappa shape index (κ3) is 4.69. The highest BCUT2D eigenvalue weighted by Crippen LogP contribution is 2.24. The highest BCUT2D eigenvalue weighted by molar-refractivity contribution is 5.82. The lowest BCUT2D eigenvalue weighted by Gasteiger charge is -2.24. The van der Waals surface area contributed by atoms with Gasteiger partial charge in [0, 0.05) is 18.7 Å². The number of nitrogens with one attached hydrogen (secondary N) is 1. The fourth-order valence-electron chi connectivity index (χ4n) is 2.60. The molecule has 1 aromatic carbocycles. The SMILES string of the molecule is O=C(NCc1ccccc1F)[C@H]1CCCN1CCC(F)(F)F. The van der Waals surface area contributed by atoms with Crippen LogP contribution in [0.3, 0.4) is 0 Å². The molecule has 0 aromatic heterocycles. The summed E-state index contributed by atoms with van der Waals surface area (Å²) in [6.07, 6.45) is -3.93. The van der Waals surface area contributed by atoms with Gasteiger partial charge in [-0.2, -0.15) is 13.2 Å². The molecule has 1 N–H and O–H groups in total. The summed E-state index contributed by atoms with van der Waals surface area (Å²) in [5.41, 5.74) is 0.357. The molecule has 1 saturated heterocycles. The van der Waals surface area contributed by atoms with Crippen LogP contribution in [0.5, 0.6) is 0 Å². The second-order valence-corrected chi connectivity index (χ2v) is 5.37. The van der Waals surface area contributed by atoms with Crippen LogP contribution in [-0.4, -0.2) is 36.1 Å². The summed E-state index contributed by atoms with van der Waals surface area (Å²) < 4.78 is 50.3. The van der Waals surface area contributed by atoms with Crippen molar-refractivity contribution in [2.75, 3.05) is 13.1 Å². The fraction of sp³-hybridized carbons (Fsp3) is 0.533. The molecule has 1 heterocycles. The average molecular weight is 318 g/mol. The van der Waals surface area contributed by atoms with E-state index in [1.165, 1.54) is 6.07 Å². The van der Waals surface area contributed by atoms with Crippen molar-refractivity contribution >= 4 is 5.91 Å². The Morgan fingerprint density at radius 3 is 2.73 bits per heavy atom. The number of likely N-dealkylation sites (tertiary alicyclic amines) is 1. The van der Waals surface area contributed by atoms with Crippen molar-refractivity contribution in [2.24, 2.45) is 0 Å². The topological polar surface area (TPSA) is 32.3 Å². The number of hydrogen-bond donors (Lipinski definition) is 1. The summed E-state index contributed by atoms with van der Waals surface area (Å²) in [5.74, 6) is -0.758. The molecule has 7 heteroatoms. The Labute approximate surface area is 126 Å². The standard InChI is InChI=1S/C15H18F4N2O/c16-12-5-2-1-4-11(12)10-20-14(22)13-6-3-8-21(13)9-7-15(17,18)19/h1-2,4-5,13H,3,6-10H2,(H,20,22)/t13-/m1/s1. The molecule has 0 radical (unpaired) electrons. The van der Waals surface area contributed by atoms with E-state index in [1.54, 1.807) is 23.1 Å². The predicted octanol–water partition coefficient (Wildman–Crippen LogP) is 2.86. The van der Waals surface area contributed by atoms with Gasteiger partial charge < -0.3 is 5.32 Å². The number of halogens is 4. The molecular weight excluding hydrogens is 300 g/mol. The number of hydrogen-bond acceptors (Lipinski definition) is 2. The number of carbonyl (C=O) groups is 1. The Hall–Kier alpha value is -1.63. The van der Waals surface area contributed by atoms with Gasteiger partial charge in [0.15, 0.2) is 0 Å². The van der Waals surface area contributed by atoms with Crippen LogP contribution in [0.25, 0.3) is 0 Å². The smallest absolute Gasteiger partial charge is 0.351 e. The predicted molar refractivity (Wildman–Crippen MR) is 73.5 cm³/mol. The summed E-state index contributed by atoms with van der Waals surface area (Å²) in [4.78, 5) is 13.7. The highest BCUT2D eigenvalue weighted by Gasteiger charge is 2.34. The first-order valence-corrected chi connectivity index (χ1v) is 7.19. The van der Waals surface area contributed by atoms with E-state index in [0.717, 1.165) is 0 Å². The summed E-state index contributed by atoms with van der Waals surface area (Å²) >= 11 is 0. The van der Waals surface area contributed by atoms with Crippen LogP contribution >= 0.6 is 0 Å². The number of nitrogens with zero attached hydrogens (tertiary/aromatic N) is 1. The molecule has 122 valence electrons. The van der Waals surface area contributed by atoms with E-state index >= 15 is 0 Å². The Morgan fingerprint density at radius 1 is 1.32 bits per heavy atom. The van der Waals surface area contributed by atoms with Crippen LogP contribution < -0.4 is 5.32 Å². The number of amides is 1. The van der Waals surface area contributed by atoms with Gasteiger partial charge in [-0.05, 0) is 25.5 Å². The zero-order valence-corrected chi connectivity index (χ0v) is 12.0. The Bertz CT molecular complexity index is 519. The molecule has 1 amide bonds. The van der Waals surface area contributed by atoms with E-state index in [-0.39, 0.29) is 19.0 Å². The number of rotatable bonds is 5. The lowest BCUT2D eigenvalue weighted by atomic mass is 10.1. The van der Waals surface area contributed by atoms with E-state index in [1.807, 2.05) is 0 Å². The van der Waals surface area contributed by atoms with Crippen molar-refractivity contribution in [1.29, 1.82) is 0 Å².